The van der Waals surface area contributed by atoms with E-state index in [1.54, 1.807) is 12.4 Å². The molecule has 0 fully saturated rings. The monoisotopic (exact) mass is 470 g/mol. The molecule has 2 aromatic rings. The van der Waals surface area contributed by atoms with E-state index in [2.05, 4.69) is 81.7 Å². The molecule has 34 heavy (non-hydrogen) atoms. The molecule has 1 heterocycles. The molecule has 1 aromatic carbocycles. The van der Waals surface area contributed by atoms with E-state index in [1.807, 2.05) is 53.5 Å². The Bertz CT molecular complexity index is 594. The molecule has 2 rings (SSSR count). The van der Waals surface area contributed by atoms with Crippen molar-refractivity contribution in [3.8, 4) is 12.8 Å². The molecule has 0 bridgehead atoms. The van der Waals surface area contributed by atoms with Crippen molar-refractivity contribution >= 4 is 6.79 Å². The highest BCUT2D eigenvalue weighted by molar-refractivity contribution is 5.19. The molecule has 0 aliphatic rings. The zero-order valence-corrected chi connectivity index (χ0v) is 23.8. The third-order valence-electron chi connectivity index (χ3n) is 3.77. The van der Waals surface area contributed by atoms with Crippen molar-refractivity contribution in [1.29, 1.82) is 0 Å². The van der Waals surface area contributed by atoms with Crippen LogP contribution in [0.3, 0.4) is 0 Å². The van der Waals surface area contributed by atoms with E-state index in [4.69, 9.17) is 4.79 Å². The van der Waals surface area contributed by atoms with Crippen LogP contribution >= 0.6 is 0 Å². The van der Waals surface area contributed by atoms with Gasteiger partial charge in [-0.05, 0) is 38.5 Å². The van der Waals surface area contributed by atoms with Crippen molar-refractivity contribution in [2.45, 2.75) is 101 Å². The van der Waals surface area contributed by atoms with Crippen molar-refractivity contribution in [3.63, 3.8) is 0 Å². The largest absolute Gasteiger partial charge is 0.385 e. The molecule has 194 valence electrons. The van der Waals surface area contributed by atoms with E-state index in [0.717, 1.165) is 12.2 Å². The van der Waals surface area contributed by atoms with E-state index in [9.17, 15) is 0 Å². The third-order valence-corrected chi connectivity index (χ3v) is 3.77. The predicted molar refractivity (Wildman–Crippen MR) is 156 cm³/mol. The maximum absolute atomic E-state index is 8.00. The molecule has 1 aromatic heterocycles. The van der Waals surface area contributed by atoms with Gasteiger partial charge in [0.2, 0.25) is 0 Å². The fourth-order valence-corrected chi connectivity index (χ4v) is 2.07. The molecule has 0 saturated carbocycles. The summed E-state index contributed by atoms with van der Waals surface area (Å²) in [4.78, 5) is 11.9. The maximum atomic E-state index is 8.00. The molecular weight excluding hydrogens is 416 g/mol. The van der Waals surface area contributed by atoms with Gasteiger partial charge in [-0.25, -0.2) is 0 Å². The number of carbonyl (C=O) groups is 1. The number of nitrogens with one attached hydrogen (secondary N) is 1. The molecule has 0 aliphatic heterocycles. The first-order valence-corrected chi connectivity index (χ1v) is 12.4. The predicted octanol–water partition coefficient (Wildman–Crippen LogP) is 9.10. The Hall–Kier alpha value is -2.86. The highest BCUT2D eigenvalue weighted by atomic mass is 16.1. The van der Waals surface area contributed by atoms with Crippen LogP contribution in [0.2, 0.25) is 0 Å². The Balaban J connectivity index is -0.000000110. The van der Waals surface area contributed by atoms with Crippen LogP contribution in [0.5, 0.6) is 0 Å². The van der Waals surface area contributed by atoms with Gasteiger partial charge in [-0.15, -0.1) is 12.8 Å². The molecular formula is C31H54N2O. The Morgan fingerprint density at radius 3 is 1.44 bits per heavy atom. The number of aromatic nitrogens is 1. The average molecular weight is 471 g/mol. The number of benzene rings is 1. The minimum Gasteiger partial charge on any atom is -0.385 e. The summed E-state index contributed by atoms with van der Waals surface area (Å²) in [5, 5.41) is 3.14. The molecule has 3 nitrogen and oxygen atoms in total. The second kappa shape index (κ2) is 40.5. The quantitative estimate of drug-likeness (QED) is 0.324. The third kappa shape index (κ3) is 39.6. The zero-order valence-electron chi connectivity index (χ0n) is 23.8. The number of allylic oxidation sites excluding steroid dienone is 1. The van der Waals surface area contributed by atoms with Crippen LogP contribution in [-0.4, -0.2) is 11.8 Å². The lowest BCUT2D eigenvalue weighted by atomic mass is 10.2. The Morgan fingerprint density at radius 1 is 0.794 bits per heavy atom. The number of hydrogen-bond acceptors (Lipinski definition) is 3. The van der Waals surface area contributed by atoms with Gasteiger partial charge in [-0.2, -0.15) is 0 Å². The molecule has 0 atom stereocenters. The van der Waals surface area contributed by atoms with E-state index < -0.39 is 0 Å². The van der Waals surface area contributed by atoms with Gasteiger partial charge in [-0.3, -0.25) is 4.98 Å². The lowest BCUT2D eigenvalue weighted by molar-refractivity contribution is -0.0979. The first-order chi connectivity index (χ1) is 16.5. The molecule has 0 spiro atoms. The summed E-state index contributed by atoms with van der Waals surface area (Å²) in [6.45, 7) is 25.2. The first kappa shape index (κ1) is 41.4. The number of terminal acetylenes is 1. The summed E-state index contributed by atoms with van der Waals surface area (Å²) in [5.41, 5.74) is 4.87. The normalized spacial score (nSPS) is 7.62. The van der Waals surface area contributed by atoms with Crippen LogP contribution in [0.15, 0.2) is 61.1 Å². The highest BCUT2D eigenvalue weighted by Crippen LogP contribution is 2.00. The summed E-state index contributed by atoms with van der Waals surface area (Å²) in [7, 11) is 0. The van der Waals surface area contributed by atoms with Gasteiger partial charge in [0.05, 0.1) is 0 Å². The lowest BCUT2D eigenvalue weighted by Crippen LogP contribution is -2.08. The van der Waals surface area contributed by atoms with Gasteiger partial charge in [0.1, 0.15) is 6.79 Å². The molecule has 0 amide bonds. The average Bonchev–Trinajstić information content (AvgIpc) is 2.91. The summed E-state index contributed by atoms with van der Waals surface area (Å²) in [6.07, 6.45) is 18.6. The molecule has 1 N–H and O–H groups in total. The summed E-state index contributed by atoms with van der Waals surface area (Å²) < 4.78 is 0. The number of hydrogen-bond donors (Lipinski definition) is 1. The van der Waals surface area contributed by atoms with Crippen LogP contribution < -0.4 is 5.32 Å². The van der Waals surface area contributed by atoms with Gasteiger partial charge >= 0.3 is 0 Å². The van der Waals surface area contributed by atoms with E-state index in [-0.39, 0.29) is 0 Å². The fraction of sp³-hybridized carbons (Fsp3) is 0.484. The second-order valence-corrected chi connectivity index (χ2v) is 6.70. The van der Waals surface area contributed by atoms with Crippen LogP contribution in [0.25, 0.3) is 0 Å². The number of pyridine rings is 1. The molecule has 0 radical (unpaired) electrons. The topological polar surface area (TPSA) is 42.0 Å². The lowest BCUT2D eigenvalue weighted by Gasteiger charge is -2.03. The Morgan fingerprint density at radius 2 is 1.15 bits per heavy atom. The van der Waals surface area contributed by atoms with Crippen LogP contribution in [-0.2, 0) is 11.3 Å². The molecule has 0 saturated heterocycles. The minimum absolute atomic E-state index is 0.831. The standard InChI is InChI=1S/C9H12N2.C8H10.C7H16.2C2H6.C2H2.CH2O/c1-8(2)11-7-9-3-5-10-6-4-9;1-7-3-5-8(2)6-4-7;1-3-5-7-6-4-2;4*1-2/h3-6,11H,1,7H2,2H3;3-6H,1-2H3;3-7H2,1-2H3;2*1-2H3;1-2H;1H2. The van der Waals surface area contributed by atoms with Gasteiger partial charge in [0.25, 0.3) is 0 Å². The van der Waals surface area contributed by atoms with Crippen molar-refractivity contribution in [1.82, 2.24) is 10.3 Å². The SMILES string of the molecule is C#C.C=C(C)NCc1ccncc1.C=O.CC.CC.CCCCCCC.Cc1ccc(C)cc1. The maximum Gasteiger partial charge on any atom is 0.106 e. The Kier molecular flexibility index (Phi) is 49.3. The van der Waals surface area contributed by atoms with Gasteiger partial charge in [-0.1, -0.05) is 116 Å². The molecule has 3 heteroatoms. The van der Waals surface area contributed by atoms with Crippen LogP contribution in [0.1, 0.15) is 97.3 Å². The number of rotatable bonds is 7. The first-order valence-electron chi connectivity index (χ1n) is 12.4. The van der Waals surface area contributed by atoms with Gasteiger partial charge < -0.3 is 10.1 Å². The van der Waals surface area contributed by atoms with Crippen molar-refractivity contribution < 1.29 is 4.79 Å². The number of unbranched alkanes of at least 4 members (excludes halogenated alkanes) is 4. The van der Waals surface area contributed by atoms with Gasteiger partial charge in [0.15, 0.2) is 0 Å². The van der Waals surface area contributed by atoms with E-state index in [0.29, 0.717) is 0 Å². The molecule has 0 unspecified atom stereocenters. The van der Waals surface area contributed by atoms with Crippen molar-refractivity contribution in [2.24, 2.45) is 0 Å². The van der Waals surface area contributed by atoms with E-state index >= 15 is 0 Å². The van der Waals surface area contributed by atoms with Crippen LogP contribution in [0, 0.1) is 26.7 Å². The summed E-state index contributed by atoms with van der Waals surface area (Å²) in [5.74, 6) is 0. The Labute approximate surface area is 213 Å². The van der Waals surface area contributed by atoms with Crippen molar-refractivity contribution in [3.05, 3.63) is 77.8 Å². The van der Waals surface area contributed by atoms with E-state index in [1.165, 1.54) is 48.8 Å². The van der Waals surface area contributed by atoms with Gasteiger partial charge in [0, 0.05) is 24.6 Å². The fourth-order valence-electron chi connectivity index (χ4n) is 2.07. The summed E-state index contributed by atoms with van der Waals surface area (Å²) >= 11 is 0. The summed E-state index contributed by atoms with van der Waals surface area (Å²) in [6, 6.07) is 12.4. The van der Waals surface area contributed by atoms with Crippen molar-refractivity contribution in [2.75, 3.05) is 0 Å². The second-order valence-electron chi connectivity index (χ2n) is 6.70. The minimum atomic E-state index is 0.831. The van der Waals surface area contributed by atoms with Crippen LogP contribution in [0.4, 0.5) is 0 Å². The number of carbonyl (C=O) groups excluding carboxylic acids is 1. The highest BCUT2D eigenvalue weighted by Gasteiger charge is 1.88. The zero-order chi connectivity index (χ0) is 27.6. The molecule has 0 aliphatic carbocycles. The number of nitrogens with zero attached hydrogens (tertiary/aromatic N) is 1. The number of aryl methyl sites for hydroxylation is 2. The smallest absolute Gasteiger partial charge is 0.106 e.